The molecule has 0 spiro atoms. The summed E-state index contributed by atoms with van der Waals surface area (Å²) < 4.78 is 17.7. The zero-order chi connectivity index (χ0) is 22.0. The number of carbonyl (C=O) groups excluding carboxylic acids is 1. The number of likely N-dealkylation sites (tertiary alicyclic amines) is 1. The third kappa shape index (κ3) is 3.86. The Bertz CT molecular complexity index is 848. The van der Waals surface area contributed by atoms with Gasteiger partial charge in [-0.05, 0) is 50.6 Å². The number of ketones is 1. The summed E-state index contributed by atoms with van der Waals surface area (Å²) in [5.41, 5.74) is 2.28. The van der Waals surface area contributed by atoms with Gasteiger partial charge in [-0.3, -0.25) is 4.79 Å². The Balaban J connectivity index is 1.73. The molecule has 170 valence electrons. The van der Waals surface area contributed by atoms with E-state index in [9.17, 15) is 4.79 Å². The van der Waals surface area contributed by atoms with E-state index >= 15 is 0 Å². The summed E-state index contributed by atoms with van der Waals surface area (Å²) in [4.78, 5) is 15.5. The zero-order valence-electron chi connectivity index (χ0n) is 19.5. The fourth-order valence-electron chi connectivity index (χ4n) is 6.03. The molecule has 0 N–H and O–H groups in total. The summed E-state index contributed by atoms with van der Waals surface area (Å²) in [6.45, 7) is 3.91. The number of carbonyl (C=O) groups is 1. The molecule has 5 nitrogen and oxygen atoms in total. The average molecular weight is 428 g/mol. The quantitative estimate of drug-likeness (QED) is 0.537. The van der Waals surface area contributed by atoms with E-state index < -0.39 is 0 Å². The van der Waals surface area contributed by atoms with Crippen LogP contribution in [0.15, 0.2) is 24.0 Å². The highest BCUT2D eigenvalue weighted by molar-refractivity contribution is 5.96. The molecule has 1 heterocycles. The van der Waals surface area contributed by atoms with Gasteiger partial charge in [0.25, 0.3) is 0 Å². The van der Waals surface area contributed by atoms with Gasteiger partial charge in [0.15, 0.2) is 23.0 Å². The minimum Gasteiger partial charge on any atom is -0.493 e. The van der Waals surface area contributed by atoms with Gasteiger partial charge in [0.1, 0.15) is 0 Å². The first-order chi connectivity index (χ1) is 15.1. The summed E-state index contributed by atoms with van der Waals surface area (Å²) in [5.74, 6) is 2.51. The van der Waals surface area contributed by atoms with Gasteiger partial charge in [0, 0.05) is 29.4 Å². The van der Waals surface area contributed by atoms with Gasteiger partial charge in [-0.2, -0.15) is 0 Å². The molecule has 2 aliphatic carbocycles. The van der Waals surface area contributed by atoms with Crippen molar-refractivity contribution >= 4 is 5.78 Å². The lowest BCUT2D eigenvalue weighted by molar-refractivity contribution is -0.122. The highest BCUT2D eigenvalue weighted by Crippen LogP contribution is 2.58. The first kappa shape index (κ1) is 22.2. The van der Waals surface area contributed by atoms with E-state index in [2.05, 4.69) is 31.0 Å². The van der Waals surface area contributed by atoms with E-state index in [0.29, 0.717) is 24.8 Å². The van der Waals surface area contributed by atoms with Crippen LogP contribution in [0.4, 0.5) is 0 Å². The molecule has 2 bridgehead atoms. The molecule has 0 aromatic heterocycles. The summed E-state index contributed by atoms with van der Waals surface area (Å²) >= 11 is 0. The first-order valence-electron chi connectivity index (χ1n) is 11.9. The molecule has 0 amide bonds. The molecule has 3 atom stereocenters. The van der Waals surface area contributed by atoms with Gasteiger partial charge in [-0.1, -0.05) is 38.7 Å². The normalized spacial score (nSPS) is 27.2. The predicted molar refractivity (Wildman–Crippen MR) is 122 cm³/mol. The minimum absolute atomic E-state index is 0.100. The second-order valence-corrected chi connectivity index (χ2v) is 9.41. The van der Waals surface area contributed by atoms with Gasteiger partial charge < -0.3 is 19.1 Å². The Hall–Kier alpha value is -2.01. The number of methoxy groups -OCH3 is 2. The largest absolute Gasteiger partial charge is 0.493 e. The molecule has 1 aliphatic heterocycles. The van der Waals surface area contributed by atoms with E-state index in [-0.39, 0.29) is 17.1 Å². The van der Waals surface area contributed by atoms with Crippen molar-refractivity contribution in [1.82, 2.24) is 4.90 Å². The van der Waals surface area contributed by atoms with E-state index in [4.69, 9.17) is 14.2 Å². The summed E-state index contributed by atoms with van der Waals surface area (Å²) in [6.07, 6.45) is 10.5. The van der Waals surface area contributed by atoms with Crippen LogP contribution in [-0.4, -0.2) is 51.1 Å². The van der Waals surface area contributed by atoms with Gasteiger partial charge in [0.2, 0.25) is 0 Å². The van der Waals surface area contributed by atoms with Crippen molar-refractivity contribution in [2.75, 3.05) is 34.4 Å². The van der Waals surface area contributed by atoms with E-state index in [1.54, 1.807) is 14.2 Å². The first-order valence-corrected chi connectivity index (χ1v) is 11.9. The predicted octanol–water partition coefficient (Wildman–Crippen LogP) is 4.66. The summed E-state index contributed by atoms with van der Waals surface area (Å²) in [7, 11) is 5.52. The molecule has 4 rings (SSSR count). The number of likely N-dealkylation sites (N-methyl/N-ethyl adjacent to an activating group) is 1. The van der Waals surface area contributed by atoms with Crippen molar-refractivity contribution < 1.29 is 19.0 Å². The number of ether oxygens (including phenoxy) is 3. The van der Waals surface area contributed by atoms with Gasteiger partial charge in [-0.15, -0.1) is 0 Å². The van der Waals surface area contributed by atoms with Crippen LogP contribution in [0.1, 0.15) is 63.0 Å². The molecule has 1 fully saturated rings. The number of benzene rings is 1. The SMILES string of the molecule is CCCCCCCOc1c(OC)ccc2c1[C@@]13CCN(C)[C@@H](C2)[C@H]1C=C(OC)C(=O)C3. The van der Waals surface area contributed by atoms with Crippen molar-refractivity contribution in [2.45, 2.75) is 69.7 Å². The van der Waals surface area contributed by atoms with Crippen LogP contribution < -0.4 is 9.47 Å². The van der Waals surface area contributed by atoms with Crippen molar-refractivity contribution in [3.05, 3.63) is 35.1 Å². The number of allylic oxidation sites excluding steroid dienone is 1. The van der Waals surface area contributed by atoms with Gasteiger partial charge >= 0.3 is 0 Å². The molecule has 0 saturated carbocycles. The molecule has 1 saturated heterocycles. The fraction of sp³-hybridized carbons (Fsp3) is 0.654. The van der Waals surface area contributed by atoms with Crippen molar-refractivity contribution in [1.29, 1.82) is 0 Å². The monoisotopic (exact) mass is 427 g/mol. The van der Waals surface area contributed by atoms with Crippen LogP contribution in [0.25, 0.3) is 0 Å². The third-order valence-electron chi connectivity index (χ3n) is 7.68. The molecule has 31 heavy (non-hydrogen) atoms. The maximum atomic E-state index is 13.0. The molecule has 3 aliphatic rings. The maximum Gasteiger partial charge on any atom is 0.197 e. The molecule has 0 unspecified atom stereocenters. The minimum atomic E-state index is -0.240. The maximum absolute atomic E-state index is 13.0. The molecule has 1 aromatic rings. The molecule has 1 aromatic carbocycles. The lowest BCUT2D eigenvalue weighted by Crippen LogP contribution is -2.60. The topological polar surface area (TPSA) is 48.0 Å². The number of nitrogens with zero attached hydrogens (tertiary/aromatic N) is 1. The Morgan fingerprint density at radius 3 is 2.68 bits per heavy atom. The summed E-state index contributed by atoms with van der Waals surface area (Å²) in [5, 5.41) is 0. The number of unbranched alkanes of at least 4 members (excludes halogenated alkanes) is 4. The lowest BCUT2D eigenvalue weighted by Gasteiger charge is -2.56. The van der Waals surface area contributed by atoms with Crippen LogP contribution in [0, 0.1) is 5.92 Å². The number of piperidine rings is 1. The van der Waals surface area contributed by atoms with E-state index in [1.165, 1.54) is 36.8 Å². The number of Topliss-reactive ketones (excluding diaryl/α,β-unsaturated/α-hetero) is 1. The number of fused-ring (bicyclic) bond motifs is 1. The van der Waals surface area contributed by atoms with Crippen molar-refractivity contribution in [3.63, 3.8) is 0 Å². The number of rotatable bonds is 9. The number of hydrogen-bond acceptors (Lipinski definition) is 5. The Morgan fingerprint density at radius 2 is 1.94 bits per heavy atom. The lowest BCUT2D eigenvalue weighted by atomic mass is 9.53. The second-order valence-electron chi connectivity index (χ2n) is 9.41. The molecule has 0 radical (unpaired) electrons. The standard InChI is InChI=1S/C26H37NO4/c1-5-6-7-8-9-14-31-25-22(29-3)11-10-18-15-20-19-16-23(30-4)21(28)17-26(19,24(18)25)12-13-27(20)2/h10-11,16,19-20H,5-9,12-15,17H2,1-4H3/t19-,20+,26-/m1/s1. The Morgan fingerprint density at radius 1 is 1.13 bits per heavy atom. The van der Waals surface area contributed by atoms with Gasteiger partial charge in [0.05, 0.1) is 20.8 Å². The van der Waals surface area contributed by atoms with E-state index in [1.807, 2.05) is 6.07 Å². The number of hydrogen-bond donors (Lipinski definition) is 0. The highest BCUT2D eigenvalue weighted by atomic mass is 16.5. The molecule has 5 heteroatoms. The van der Waals surface area contributed by atoms with Crippen LogP contribution in [0.2, 0.25) is 0 Å². The van der Waals surface area contributed by atoms with Crippen LogP contribution in [0.5, 0.6) is 11.5 Å². The highest BCUT2D eigenvalue weighted by Gasteiger charge is 2.56. The molecular formula is C26H37NO4. The van der Waals surface area contributed by atoms with Crippen LogP contribution in [-0.2, 0) is 21.4 Å². The fourth-order valence-corrected chi connectivity index (χ4v) is 6.03. The summed E-state index contributed by atoms with van der Waals surface area (Å²) in [6, 6.07) is 4.60. The van der Waals surface area contributed by atoms with Crippen molar-refractivity contribution in [3.8, 4) is 11.5 Å². The molecular weight excluding hydrogens is 390 g/mol. The third-order valence-corrected chi connectivity index (χ3v) is 7.68. The van der Waals surface area contributed by atoms with E-state index in [0.717, 1.165) is 37.3 Å². The van der Waals surface area contributed by atoms with Gasteiger partial charge in [-0.25, -0.2) is 0 Å². The Labute approximate surface area is 186 Å². The zero-order valence-corrected chi connectivity index (χ0v) is 19.5. The van der Waals surface area contributed by atoms with Crippen LogP contribution >= 0.6 is 0 Å². The second kappa shape index (κ2) is 9.23. The average Bonchev–Trinajstić information content (AvgIpc) is 2.77. The van der Waals surface area contributed by atoms with Crippen LogP contribution in [0.3, 0.4) is 0 Å². The smallest absolute Gasteiger partial charge is 0.197 e. The Kier molecular flexibility index (Phi) is 6.61. The van der Waals surface area contributed by atoms with Crippen molar-refractivity contribution in [2.24, 2.45) is 5.92 Å².